The maximum Gasteiger partial charge on any atom is 0.341 e. The van der Waals surface area contributed by atoms with Gasteiger partial charge in [-0.05, 0) is 31.2 Å². The molecule has 0 radical (unpaired) electrons. The van der Waals surface area contributed by atoms with Gasteiger partial charge in [0.05, 0.1) is 12.2 Å². The Morgan fingerprint density at radius 1 is 1.19 bits per heavy atom. The number of aliphatic hydroxyl groups excluding tert-OH is 1. The molecule has 1 atom stereocenters. The minimum atomic E-state index is -1.01. The van der Waals surface area contributed by atoms with Crippen LogP contribution in [0.1, 0.15) is 17.3 Å². The predicted octanol–water partition coefficient (Wildman–Crippen LogP) is 2.00. The van der Waals surface area contributed by atoms with Crippen LogP contribution in [-0.2, 0) is 9.53 Å². The highest BCUT2D eigenvalue weighted by molar-refractivity contribution is 5.99. The van der Waals surface area contributed by atoms with Crippen molar-refractivity contribution in [2.45, 2.75) is 13.0 Å². The van der Waals surface area contributed by atoms with Crippen molar-refractivity contribution in [3.63, 3.8) is 0 Å². The van der Waals surface area contributed by atoms with Crippen molar-refractivity contribution in [2.75, 3.05) is 30.6 Å². The highest BCUT2D eigenvalue weighted by Crippen LogP contribution is 2.34. The van der Waals surface area contributed by atoms with Crippen LogP contribution in [0.4, 0.5) is 11.4 Å². The van der Waals surface area contributed by atoms with Gasteiger partial charge in [0.2, 0.25) is 6.79 Å². The minimum absolute atomic E-state index is 0.0717. The predicted molar refractivity (Wildman–Crippen MR) is 98.1 cm³/mol. The lowest BCUT2D eigenvalue weighted by molar-refractivity contribution is -0.123. The molecule has 1 aliphatic heterocycles. The van der Waals surface area contributed by atoms with Gasteiger partial charge in [0.25, 0.3) is 5.91 Å². The van der Waals surface area contributed by atoms with E-state index in [9.17, 15) is 9.59 Å². The number of hydrogen-bond acceptors (Lipinski definition) is 7. The van der Waals surface area contributed by atoms with Gasteiger partial charge >= 0.3 is 5.97 Å². The molecule has 0 fully saturated rings. The Hall–Kier alpha value is -3.26. The Balaban J connectivity index is 1.62. The molecule has 8 nitrogen and oxygen atoms in total. The molecule has 2 aromatic carbocycles. The number of amides is 1. The summed E-state index contributed by atoms with van der Waals surface area (Å²) in [5, 5.41) is 14.5. The molecule has 3 rings (SSSR count). The van der Waals surface area contributed by atoms with Crippen molar-refractivity contribution in [1.29, 1.82) is 0 Å². The molecular weight excluding hydrogens is 352 g/mol. The zero-order valence-electron chi connectivity index (χ0n) is 14.7. The molecule has 142 valence electrons. The van der Waals surface area contributed by atoms with Crippen molar-refractivity contribution < 1.29 is 28.9 Å². The maximum absolute atomic E-state index is 12.4. The summed E-state index contributed by atoms with van der Waals surface area (Å²) in [5.74, 6) is 0.0492. The lowest BCUT2D eigenvalue weighted by Gasteiger charge is -2.15. The number of esters is 1. The van der Waals surface area contributed by atoms with Crippen molar-refractivity contribution >= 4 is 23.3 Å². The molecule has 1 heterocycles. The molecule has 3 N–H and O–H groups in total. The topological polar surface area (TPSA) is 106 Å². The summed E-state index contributed by atoms with van der Waals surface area (Å²) in [5.41, 5.74) is 1.32. The molecular formula is C19H20N2O6. The number of fused-ring (bicyclic) bond motifs is 1. The van der Waals surface area contributed by atoms with Crippen LogP contribution >= 0.6 is 0 Å². The number of rotatable bonds is 7. The first-order valence-corrected chi connectivity index (χ1v) is 8.43. The van der Waals surface area contributed by atoms with Gasteiger partial charge < -0.3 is 30.0 Å². The first-order chi connectivity index (χ1) is 13.1. The van der Waals surface area contributed by atoms with E-state index in [4.69, 9.17) is 19.3 Å². The third-order valence-corrected chi connectivity index (χ3v) is 3.87. The van der Waals surface area contributed by atoms with Crippen LogP contribution in [0.15, 0.2) is 42.5 Å². The van der Waals surface area contributed by atoms with Gasteiger partial charge in [-0.15, -0.1) is 0 Å². The van der Waals surface area contributed by atoms with Crippen LogP contribution in [-0.4, -0.2) is 43.0 Å². The molecule has 27 heavy (non-hydrogen) atoms. The lowest BCUT2D eigenvalue weighted by Crippen LogP contribution is -2.30. The van der Waals surface area contributed by atoms with E-state index >= 15 is 0 Å². The molecule has 0 bridgehead atoms. The maximum atomic E-state index is 12.4. The number of carbonyl (C=O) groups excluding carboxylic acids is 2. The number of anilines is 2. The summed E-state index contributed by atoms with van der Waals surface area (Å²) in [4.78, 5) is 24.7. The van der Waals surface area contributed by atoms with E-state index in [1.165, 1.54) is 6.92 Å². The lowest BCUT2D eigenvalue weighted by atomic mass is 10.1. The molecule has 8 heteroatoms. The van der Waals surface area contributed by atoms with E-state index < -0.39 is 18.0 Å². The number of nitrogens with one attached hydrogen (secondary N) is 2. The first kappa shape index (κ1) is 18.5. The van der Waals surface area contributed by atoms with E-state index in [1.807, 2.05) is 0 Å². The summed E-state index contributed by atoms with van der Waals surface area (Å²) in [6, 6.07) is 11.7. The SMILES string of the molecule is C[C@@H](OC(=O)c1ccccc1NCCO)C(=O)Nc1ccc2c(c1)OCO2. The van der Waals surface area contributed by atoms with Crippen LogP contribution < -0.4 is 20.1 Å². The highest BCUT2D eigenvalue weighted by atomic mass is 16.7. The summed E-state index contributed by atoms with van der Waals surface area (Å²) in [6.45, 7) is 1.86. The molecule has 0 aromatic heterocycles. The van der Waals surface area contributed by atoms with Crippen LogP contribution in [0.25, 0.3) is 0 Å². The largest absolute Gasteiger partial charge is 0.454 e. The first-order valence-electron chi connectivity index (χ1n) is 8.43. The fraction of sp³-hybridized carbons (Fsp3) is 0.263. The van der Waals surface area contributed by atoms with E-state index in [1.54, 1.807) is 42.5 Å². The standard InChI is InChI=1S/C19H20N2O6/c1-12(18(23)21-13-6-7-16-17(10-13)26-11-25-16)27-19(24)14-4-2-3-5-15(14)20-8-9-22/h2-7,10,12,20,22H,8-9,11H2,1H3,(H,21,23)/t12-/m1/s1. The fourth-order valence-corrected chi connectivity index (χ4v) is 2.50. The Bertz CT molecular complexity index is 839. The van der Waals surface area contributed by atoms with Gasteiger partial charge in [-0.1, -0.05) is 12.1 Å². The summed E-state index contributed by atoms with van der Waals surface area (Å²) >= 11 is 0. The monoisotopic (exact) mass is 372 g/mol. The van der Waals surface area contributed by atoms with E-state index in [-0.39, 0.29) is 19.0 Å². The zero-order valence-corrected chi connectivity index (χ0v) is 14.7. The summed E-state index contributed by atoms with van der Waals surface area (Å²) < 4.78 is 15.8. The molecule has 0 spiro atoms. The minimum Gasteiger partial charge on any atom is -0.454 e. The second-order valence-electron chi connectivity index (χ2n) is 5.80. The molecule has 2 aromatic rings. The summed E-state index contributed by atoms with van der Waals surface area (Å²) in [6.07, 6.45) is -1.01. The third-order valence-electron chi connectivity index (χ3n) is 3.87. The van der Waals surface area contributed by atoms with Crippen molar-refractivity contribution in [3.05, 3.63) is 48.0 Å². The average Bonchev–Trinajstić information content (AvgIpc) is 3.14. The van der Waals surface area contributed by atoms with Crippen molar-refractivity contribution in [2.24, 2.45) is 0 Å². The van der Waals surface area contributed by atoms with Crippen LogP contribution in [0.3, 0.4) is 0 Å². The fourth-order valence-electron chi connectivity index (χ4n) is 2.50. The molecule has 0 unspecified atom stereocenters. The van der Waals surface area contributed by atoms with Crippen LogP contribution in [0.5, 0.6) is 11.5 Å². The number of hydrogen-bond donors (Lipinski definition) is 3. The van der Waals surface area contributed by atoms with Gasteiger partial charge in [0.15, 0.2) is 17.6 Å². The van der Waals surface area contributed by atoms with Gasteiger partial charge in [-0.25, -0.2) is 4.79 Å². The average molecular weight is 372 g/mol. The van der Waals surface area contributed by atoms with E-state index in [0.717, 1.165) is 0 Å². The normalized spacial score (nSPS) is 13.0. The van der Waals surface area contributed by atoms with Gasteiger partial charge in [-0.3, -0.25) is 4.79 Å². The van der Waals surface area contributed by atoms with Gasteiger partial charge in [0, 0.05) is 24.0 Å². The highest BCUT2D eigenvalue weighted by Gasteiger charge is 2.22. The van der Waals surface area contributed by atoms with Crippen LogP contribution in [0, 0.1) is 0 Å². The Morgan fingerprint density at radius 2 is 1.96 bits per heavy atom. The Kier molecular flexibility index (Phi) is 5.77. The molecule has 0 saturated heterocycles. The second-order valence-corrected chi connectivity index (χ2v) is 5.80. The van der Waals surface area contributed by atoms with Gasteiger partial charge in [0.1, 0.15) is 0 Å². The number of para-hydroxylation sites is 1. The smallest absolute Gasteiger partial charge is 0.341 e. The van der Waals surface area contributed by atoms with E-state index in [2.05, 4.69) is 10.6 Å². The van der Waals surface area contributed by atoms with Crippen molar-refractivity contribution in [1.82, 2.24) is 0 Å². The number of carbonyl (C=O) groups is 2. The summed E-state index contributed by atoms with van der Waals surface area (Å²) in [7, 11) is 0. The van der Waals surface area contributed by atoms with Crippen molar-refractivity contribution in [3.8, 4) is 11.5 Å². The third kappa shape index (κ3) is 4.48. The molecule has 1 aliphatic rings. The van der Waals surface area contributed by atoms with E-state index in [0.29, 0.717) is 29.4 Å². The number of aliphatic hydroxyl groups is 1. The van der Waals surface area contributed by atoms with Gasteiger partial charge in [-0.2, -0.15) is 0 Å². The quantitative estimate of drug-likeness (QED) is 0.638. The second kappa shape index (κ2) is 8.41. The number of benzene rings is 2. The molecule has 1 amide bonds. The van der Waals surface area contributed by atoms with Crippen LogP contribution in [0.2, 0.25) is 0 Å². The molecule has 0 saturated carbocycles. The Labute approximate surface area is 156 Å². The Morgan fingerprint density at radius 3 is 2.78 bits per heavy atom. The number of ether oxygens (including phenoxy) is 3. The zero-order chi connectivity index (χ0) is 19.2. The molecule has 0 aliphatic carbocycles.